The zero-order valence-electron chi connectivity index (χ0n) is 21.6. The number of hydrogen-bond donors (Lipinski definition) is 0. The van der Waals surface area contributed by atoms with Crippen LogP contribution in [-0.2, 0) is 33.0 Å². The van der Waals surface area contributed by atoms with E-state index in [1.54, 1.807) is 55.3 Å². The lowest BCUT2D eigenvalue weighted by atomic mass is 10.1. The molecule has 0 spiro atoms. The highest BCUT2D eigenvalue weighted by Crippen LogP contribution is 2.24. The molecule has 12 heteroatoms. The molecule has 38 heavy (non-hydrogen) atoms. The minimum atomic E-state index is -3.61. The van der Waals surface area contributed by atoms with Crippen molar-refractivity contribution in [2.75, 3.05) is 45.6 Å². The molecule has 0 atom stereocenters. The first-order valence-corrected chi connectivity index (χ1v) is 15.2. The van der Waals surface area contributed by atoms with Crippen molar-refractivity contribution in [2.24, 2.45) is 12.0 Å². The number of carbonyl (C=O) groups excluding carboxylic acids is 2. The van der Waals surface area contributed by atoms with Crippen LogP contribution in [0.2, 0.25) is 5.02 Å². The Morgan fingerprint density at radius 2 is 1.76 bits per heavy atom. The third kappa shape index (κ3) is 6.28. The third-order valence-electron chi connectivity index (χ3n) is 6.62. The normalized spacial score (nSPS) is 15.3. The highest BCUT2D eigenvalue weighted by Gasteiger charge is 2.26. The van der Waals surface area contributed by atoms with E-state index in [2.05, 4.69) is 9.89 Å². The minimum Gasteiger partial charge on any atom is -0.462 e. The van der Waals surface area contributed by atoms with E-state index in [0.29, 0.717) is 49.2 Å². The predicted molar refractivity (Wildman–Crippen MR) is 148 cm³/mol. The molecule has 1 saturated heterocycles. The van der Waals surface area contributed by atoms with Gasteiger partial charge in [0.2, 0.25) is 5.91 Å². The van der Waals surface area contributed by atoms with Crippen molar-refractivity contribution in [1.29, 1.82) is 0 Å². The summed E-state index contributed by atoms with van der Waals surface area (Å²) in [5.74, 6) is -0.786. The Kier molecular flexibility index (Phi) is 8.92. The van der Waals surface area contributed by atoms with Crippen LogP contribution in [0.4, 0.5) is 0 Å². The fourth-order valence-electron chi connectivity index (χ4n) is 4.47. The lowest BCUT2D eigenvalue weighted by Gasteiger charge is -2.35. The third-order valence-corrected chi connectivity index (χ3v) is 9.81. The molecule has 1 aliphatic rings. The number of amides is 1. The van der Waals surface area contributed by atoms with E-state index in [0.717, 1.165) is 21.3 Å². The van der Waals surface area contributed by atoms with E-state index >= 15 is 0 Å². The van der Waals surface area contributed by atoms with Gasteiger partial charge in [-0.15, -0.1) is 0 Å². The molecule has 2 aromatic carbocycles. The zero-order chi connectivity index (χ0) is 27.4. The fraction of sp³-hybridized carbons (Fsp3) is 0.423. The number of esters is 1. The Hall–Kier alpha value is -2.73. The maximum Gasteiger partial charge on any atom is 0.350 e. The molecule has 3 aromatic rings. The van der Waals surface area contributed by atoms with Gasteiger partial charge >= 0.3 is 5.97 Å². The van der Waals surface area contributed by atoms with Gasteiger partial charge in [-0.05, 0) is 42.0 Å². The van der Waals surface area contributed by atoms with Crippen LogP contribution in [0.5, 0.6) is 0 Å². The van der Waals surface area contributed by atoms with E-state index in [1.165, 1.54) is 11.3 Å². The smallest absolute Gasteiger partial charge is 0.350 e. The Bertz CT molecular complexity index is 1520. The number of hydrogen-bond acceptors (Lipinski definition) is 8. The van der Waals surface area contributed by atoms with E-state index in [1.807, 2.05) is 11.6 Å². The van der Waals surface area contributed by atoms with Crippen LogP contribution in [0.3, 0.4) is 0 Å². The summed E-state index contributed by atoms with van der Waals surface area (Å²) < 4.78 is 33.0. The molecule has 1 aromatic heterocycles. The Morgan fingerprint density at radius 3 is 2.45 bits per heavy atom. The number of piperazine rings is 1. The van der Waals surface area contributed by atoms with Gasteiger partial charge in [0.1, 0.15) is 4.88 Å². The largest absolute Gasteiger partial charge is 0.462 e. The molecule has 204 valence electrons. The van der Waals surface area contributed by atoms with Gasteiger partial charge in [-0.3, -0.25) is 14.7 Å². The van der Waals surface area contributed by atoms with Crippen molar-refractivity contribution < 1.29 is 22.7 Å². The monoisotopic (exact) mass is 578 g/mol. The molecular formula is C26H31ClN4O5S2. The lowest BCUT2D eigenvalue weighted by molar-refractivity contribution is -0.132. The molecule has 0 unspecified atom stereocenters. The van der Waals surface area contributed by atoms with Gasteiger partial charge in [-0.2, -0.15) is 0 Å². The van der Waals surface area contributed by atoms with E-state index < -0.39 is 9.84 Å². The molecule has 1 fully saturated rings. The number of nitrogens with zero attached hydrogens (tertiary/aromatic N) is 4. The summed E-state index contributed by atoms with van der Waals surface area (Å²) in [5.41, 5.74) is 0.831. The second-order valence-electron chi connectivity index (χ2n) is 9.04. The van der Waals surface area contributed by atoms with Crippen molar-refractivity contribution in [1.82, 2.24) is 14.4 Å². The van der Waals surface area contributed by atoms with Crippen LogP contribution < -0.4 is 4.80 Å². The first-order valence-electron chi connectivity index (χ1n) is 12.3. The summed E-state index contributed by atoms with van der Waals surface area (Å²) in [4.78, 5) is 34.9. The Balaban J connectivity index is 1.35. The molecular weight excluding hydrogens is 548 g/mol. The molecule has 2 heterocycles. The first kappa shape index (κ1) is 28.3. The Labute approximate surface area is 231 Å². The Morgan fingerprint density at radius 1 is 1.08 bits per heavy atom. The van der Waals surface area contributed by atoms with Crippen molar-refractivity contribution in [3.63, 3.8) is 0 Å². The van der Waals surface area contributed by atoms with E-state index in [9.17, 15) is 18.0 Å². The van der Waals surface area contributed by atoms with Crippen LogP contribution in [0, 0.1) is 0 Å². The van der Waals surface area contributed by atoms with Crippen LogP contribution >= 0.6 is 22.9 Å². The van der Waals surface area contributed by atoms with E-state index in [4.69, 9.17) is 16.3 Å². The number of benzene rings is 2. The topological polar surface area (TPSA) is 101 Å². The number of carbonyl (C=O) groups is 2. The quantitative estimate of drug-likeness (QED) is 0.381. The van der Waals surface area contributed by atoms with E-state index in [-0.39, 0.29) is 28.9 Å². The summed E-state index contributed by atoms with van der Waals surface area (Å²) in [6, 6.07) is 10.2. The molecule has 0 radical (unpaired) electrons. The summed E-state index contributed by atoms with van der Waals surface area (Å²) in [6.45, 7) is 4.80. The molecule has 0 saturated carbocycles. The summed E-state index contributed by atoms with van der Waals surface area (Å²) >= 11 is 7.32. The molecule has 1 amide bonds. The van der Waals surface area contributed by atoms with Crippen molar-refractivity contribution in [3.8, 4) is 0 Å². The van der Waals surface area contributed by atoms with Gasteiger partial charge in [-0.1, -0.05) is 35.1 Å². The molecule has 0 bridgehead atoms. The van der Waals surface area contributed by atoms with Crippen LogP contribution in [0.1, 0.15) is 28.7 Å². The second-order valence-corrected chi connectivity index (χ2v) is 12.6. The molecule has 0 aliphatic carbocycles. The summed E-state index contributed by atoms with van der Waals surface area (Å²) in [5, 5.41) is 2.22. The number of thiazole rings is 1. The minimum absolute atomic E-state index is 0.0746. The van der Waals surface area contributed by atoms with Crippen LogP contribution in [-0.4, -0.2) is 80.2 Å². The van der Waals surface area contributed by atoms with Crippen molar-refractivity contribution in [2.45, 2.75) is 24.8 Å². The number of fused-ring (bicyclic) bond motifs is 1. The van der Waals surface area contributed by atoms with Crippen molar-refractivity contribution in [3.05, 3.63) is 56.8 Å². The summed E-state index contributed by atoms with van der Waals surface area (Å²) in [7, 11) is -0.0525. The molecule has 0 N–H and O–H groups in total. The zero-order valence-corrected chi connectivity index (χ0v) is 24.0. The average molecular weight is 579 g/mol. The fourth-order valence-corrected chi connectivity index (χ4v) is 6.89. The molecule has 1 aliphatic heterocycles. The molecule has 4 rings (SSSR count). The standard InChI is InChI=1S/C26H31ClN4O5S2/c1-4-36-25(33)24-22(29(3)26(28-2)37-24)17-30-10-12-31(13-11-30)23(32)9-14-38(34,35)21-8-6-18-15-20(27)7-5-19(18)16-21/h5-8,15-16H,4,9-14,17H2,1-3H3/b28-26-. The maximum atomic E-state index is 12.9. The average Bonchev–Trinajstić information content (AvgIpc) is 3.22. The van der Waals surface area contributed by atoms with Gasteiger partial charge in [0.15, 0.2) is 14.6 Å². The number of aromatic nitrogens is 1. The van der Waals surface area contributed by atoms with Gasteiger partial charge in [-0.25, -0.2) is 13.2 Å². The van der Waals surface area contributed by atoms with Gasteiger partial charge in [0.25, 0.3) is 0 Å². The van der Waals surface area contributed by atoms with Gasteiger partial charge < -0.3 is 14.2 Å². The number of rotatable bonds is 8. The SMILES string of the molecule is CCOC(=O)c1s/c(=N\C)n(C)c1CN1CCN(C(=O)CCS(=O)(=O)c2ccc3cc(Cl)ccc3c2)CC1. The number of ether oxygens (including phenoxy) is 1. The van der Waals surface area contributed by atoms with Crippen LogP contribution in [0.25, 0.3) is 10.8 Å². The highest BCUT2D eigenvalue weighted by atomic mass is 35.5. The summed E-state index contributed by atoms with van der Waals surface area (Å²) in [6.07, 6.45) is -0.0746. The predicted octanol–water partition coefficient (Wildman–Crippen LogP) is 3.11. The first-order chi connectivity index (χ1) is 18.1. The molecule has 9 nitrogen and oxygen atoms in total. The highest BCUT2D eigenvalue weighted by molar-refractivity contribution is 7.91. The lowest BCUT2D eigenvalue weighted by Crippen LogP contribution is -2.48. The number of halogens is 1. The van der Waals surface area contributed by atoms with Crippen LogP contribution in [0.15, 0.2) is 46.3 Å². The second kappa shape index (κ2) is 12.0. The van der Waals surface area contributed by atoms with Crippen molar-refractivity contribution >= 4 is 55.4 Å². The number of sulfone groups is 1. The maximum absolute atomic E-state index is 12.9. The van der Waals surface area contributed by atoms with Gasteiger partial charge in [0, 0.05) is 58.3 Å². The van der Waals surface area contributed by atoms with Gasteiger partial charge in [0.05, 0.1) is 22.9 Å².